The van der Waals surface area contributed by atoms with E-state index in [-0.39, 0.29) is 11.8 Å². The molecule has 0 radical (unpaired) electrons. The molecule has 1 N–H and O–H groups in total. The maximum absolute atomic E-state index is 10.8. The van der Waals surface area contributed by atoms with Crippen molar-refractivity contribution in [3.8, 4) is 0 Å². The van der Waals surface area contributed by atoms with E-state index in [1.54, 1.807) is 12.3 Å². The molecule has 1 aliphatic rings. The summed E-state index contributed by atoms with van der Waals surface area (Å²) in [5.41, 5.74) is 0.999. The van der Waals surface area contributed by atoms with Crippen molar-refractivity contribution in [2.24, 2.45) is 0 Å². The average Bonchev–Trinajstić information content (AvgIpc) is 2.20. The predicted molar refractivity (Wildman–Crippen MR) is 49.1 cm³/mol. The first-order valence-electron chi connectivity index (χ1n) is 4.23. The van der Waals surface area contributed by atoms with Crippen molar-refractivity contribution in [3.63, 3.8) is 0 Å². The maximum atomic E-state index is 10.8. The van der Waals surface area contributed by atoms with Gasteiger partial charge in [0.25, 0.3) is 0 Å². The molecule has 2 rings (SSSR count). The normalized spacial score (nSPS) is 21.2. The molecule has 1 atom stereocenters. The molecule has 0 bridgehead atoms. The fourth-order valence-corrected chi connectivity index (χ4v) is 1.34. The number of hydrogen-bond donors (Lipinski definition) is 1. The Labute approximate surface area is 76.5 Å². The topological polar surface area (TPSA) is 42.0 Å². The van der Waals surface area contributed by atoms with E-state index in [1.165, 1.54) is 0 Å². The summed E-state index contributed by atoms with van der Waals surface area (Å²) in [6.07, 6.45) is 5.21. The minimum Gasteiger partial charge on any atom is -0.352 e. The van der Waals surface area contributed by atoms with Crippen LogP contribution < -0.4 is 5.32 Å². The zero-order chi connectivity index (χ0) is 9.10. The van der Waals surface area contributed by atoms with Crippen LogP contribution in [0.3, 0.4) is 0 Å². The van der Waals surface area contributed by atoms with Crippen LogP contribution >= 0.6 is 0 Å². The molecule has 1 unspecified atom stereocenters. The van der Waals surface area contributed by atoms with Gasteiger partial charge in [0, 0.05) is 24.4 Å². The average molecular weight is 174 g/mol. The smallest absolute Gasteiger partial charge is 0.243 e. The fraction of sp³-hybridized carbons (Fsp3) is 0.200. The minimum absolute atomic E-state index is 0.0211. The Morgan fingerprint density at radius 3 is 3.00 bits per heavy atom. The first-order chi connectivity index (χ1) is 6.36. The molecule has 0 saturated carbocycles. The van der Waals surface area contributed by atoms with Crippen LogP contribution in [0.25, 0.3) is 0 Å². The van der Waals surface area contributed by atoms with E-state index in [2.05, 4.69) is 10.3 Å². The zero-order valence-electron chi connectivity index (χ0n) is 7.10. The van der Waals surface area contributed by atoms with Gasteiger partial charge in [0.2, 0.25) is 5.91 Å². The Morgan fingerprint density at radius 1 is 1.46 bits per heavy atom. The fourth-order valence-electron chi connectivity index (χ4n) is 1.34. The van der Waals surface area contributed by atoms with Crippen LogP contribution in [0.1, 0.15) is 11.6 Å². The second-order valence-corrected chi connectivity index (χ2v) is 2.97. The second-order valence-electron chi connectivity index (χ2n) is 2.97. The van der Waals surface area contributed by atoms with Gasteiger partial charge < -0.3 is 5.32 Å². The third-order valence-electron chi connectivity index (χ3n) is 2.04. The first kappa shape index (κ1) is 7.98. The van der Waals surface area contributed by atoms with Crippen LogP contribution in [0.15, 0.2) is 36.5 Å². The molecule has 0 saturated heterocycles. The maximum Gasteiger partial charge on any atom is 0.243 e. The van der Waals surface area contributed by atoms with Gasteiger partial charge in [0.15, 0.2) is 0 Å². The molecule has 1 aliphatic heterocycles. The van der Waals surface area contributed by atoms with Gasteiger partial charge in [-0.25, -0.2) is 0 Å². The number of nitrogens with one attached hydrogen (secondary N) is 1. The SMILES string of the molecule is O=C1C=CC(c2ccccn2)CN1. The van der Waals surface area contributed by atoms with Crippen molar-refractivity contribution >= 4 is 5.91 Å². The van der Waals surface area contributed by atoms with Crippen LogP contribution in [-0.2, 0) is 4.79 Å². The van der Waals surface area contributed by atoms with E-state index < -0.39 is 0 Å². The number of carbonyl (C=O) groups excluding carboxylic acids is 1. The number of amides is 1. The molecule has 3 heteroatoms. The lowest BCUT2D eigenvalue weighted by molar-refractivity contribution is -0.116. The molecule has 2 heterocycles. The summed E-state index contributed by atoms with van der Waals surface area (Å²) in [5.74, 6) is 0.200. The van der Waals surface area contributed by atoms with Crippen LogP contribution in [0.4, 0.5) is 0 Å². The molecule has 13 heavy (non-hydrogen) atoms. The lowest BCUT2D eigenvalue weighted by Gasteiger charge is -2.16. The van der Waals surface area contributed by atoms with Crippen molar-refractivity contribution in [1.29, 1.82) is 0 Å². The number of nitrogens with zero attached hydrogens (tertiary/aromatic N) is 1. The van der Waals surface area contributed by atoms with Crippen LogP contribution in [-0.4, -0.2) is 17.4 Å². The van der Waals surface area contributed by atoms with E-state index in [1.807, 2.05) is 24.3 Å². The Balaban J connectivity index is 2.20. The molecule has 0 fully saturated rings. The largest absolute Gasteiger partial charge is 0.352 e. The summed E-state index contributed by atoms with van der Waals surface area (Å²) in [6.45, 7) is 0.645. The van der Waals surface area contributed by atoms with Crippen LogP contribution in [0, 0.1) is 0 Å². The van der Waals surface area contributed by atoms with Gasteiger partial charge in [-0.2, -0.15) is 0 Å². The van der Waals surface area contributed by atoms with Gasteiger partial charge in [-0.3, -0.25) is 9.78 Å². The Kier molecular flexibility index (Phi) is 2.08. The third-order valence-corrected chi connectivity index (χ3v) is 2.04. The first-order valence-corrected chi connectivity index (χ1v) is 4.23. The van der Waals surface area contributed by atoms with Gasteiger partial charge in [0.05, 0.1) is 0 Å². The molecule has 0 spiro atoms. The summed E-state index contributed by atoms with van der Waals surface area (Å²) in [4.78, 5) is 15.0. The quantitative estimate of drug-likeness (QED) is 0.685. The highest BCUT2D eigenvalue weighted by atomic mass is 16.1. The van der Waals surface area contributed by atoms with Crippen molar-refractivity contribution in [2.45, 2.75) is 5.92 Å². The van der Waals surface area contributed by atoms with Gasteiger partial charge in [0.1, 0.15) is 0 Å². The van der Waals surface area contributed by atoms with Crippen molar-refractivity contribution < 1.29 is 4.79 Å². The summed E-state index contributed by atoms with van der Waals surface area (Å²) in [6, 6.07) is 5.80. The lowest BCUT2D eigenvalue weighted by atomic mass is 10.0. The van der Waals surface area contributed by atoms with Crippen molar-refractivity contribution in [1.82, 2.24) is 10.3 Å². The Morgan fingerprint density at radius 2 is 2.38 bits per heavy atom. The van der Waals surface area contributed by atoms with E-state index in [0.29, 0.717) is 6.54 Å². The standard InChI is InChI=1S/C10H10N2O/c13-10-5-4-8(7-12-10)9-3-1-2-6-11-9/h1-6,8H,7H2,(H,12,13). The van der Waals surface area contributed by atoms with E-state index in [4.69, 9.17) is 0 Å². The summed E-state index contributed by atoms with van der Waals surface area (Å²) in [5, 5.41) is 2.76. The molecule has 1 aromatic heterocycles. The molecule has 3 nitrogen and oxygen atoms in total. The summed E-state index contributed by atoms with van der Waals surface area (Å²) >= 11 is 0. The zero-order valence-corrected chi connectivity index (χ0v) is 7.10. The van der Waals surface area contributed by atoms with Gasteiger partial charge in [-0.15, -0.1) is 0 Å². The molecule has 66 valence electrons. The van der Waals surface area contributed by atoms with Crippen LogP contribution in [0.2, 0.25) is 0 Å². The molecule has 0 aromatic carbocycles. The molecule has 1 aromatic rings. The van der Waals surface area contributed by atoms with E-state index in [9.17, 15) is 4.79 Å². The van der Waals surface area contributed by atoms with Crippen molar-refractivity contribution in [3.05, 3.63) is 42.2 Å². The van der Waals surface area contributed by atoms with Gasteiger partial charge in [-0.05, 0) is 18.2 Å². The van der Waals surface area contributed by atoms with Crippen LogP contribution in [0.5, 0.6) is 0 Å². The molecular weight excluding hydrogens is 164 g/mol. The van der Waals surface area contributed by atoms with E-state index >= 15 is 0 Å². The Bertz CT molecular complexity index is 332. The van der Waals surface area contributed by atoms with Gasteiger partial charge >= 0.3 is 0 Å². The highest BCUT2D eigenvalue weighted by Gasteiger charge is 2.14. The predicted octanol–water partition coefficient (Wildman–Crippen LogP) is 0.851. The lowest BCUT2D eigenvalue weighted by Crippen LogP contribution is -2.30. The second kappa shape index (κ2) is 3.39. The van der Waals surface area contributed by atoms with Gasteiger partial charge in [-0.1, -0.05) is 12.1 Å². The van der Waals surface area contributed by atoms with E-state index in [0.717, 1.165) is 5.69 Å². The van der Waals surface area contributed by atoms with Crippen molar-refractivity contribution in [2.75, 3.05) is 6.54 Å². The summed E-state index contributed by atoms with van der Waals surface area (Å²) in [7, 11) is 0. The monoisotopic (exact) mass is 174 g/mol. The number of aromatic nitrogens is 1. The number of rotatable bonds is 1. The number of hydrogen-bond acceptors (Lipinski definition) is 2. The number of carbonyl (C=O) groups is 1. The molecule has 0 aliphatic carbocycles. The number of pyridine rings is 1. The molecular formula is C10H10N2O. The molecule has 1 amide bonds. The highest BCUT2D eigenvalue weighted by molar-refractivity contribution is 5.88. The Hall–Kier alpha value is -1.64. The highest BCUT2D eigenvalue weighted by Crippen LogP contribution is 2.15. The third kappa shape index (κ3) is 1.75. The summed E-state index contributed by atoms with van der Waals surface area (Å²) < 4.78 is 0. The minimum atomic E-state index is -0.0211.